The van der Waals surface area contributed by atoms with Gasteiger partial charge in [-0.2, -0.15) is 0 Å². The summed E-state index contributed by atoms with van der Waals surface area (Å²) in [5.74, 6) is -7.61. The number of nitrogen functional groups attached to an aromatic ring is 1. The number of likely N-dealkylation sites (tertiary alicyclic amines) is 1. The molecule has 1 saturated heterocycles. The zero-order valence-electron chi connectivity index (χ0n) is 25.6. The molecule has 4 heterocycles. The first-order valence-corrected chi connectivity index (χ1v) is 16.5. The third-order valence-electron chi connectivity index (χ3n) is 6.86. The van der Waals surface area contributed by atoms with Crippen LogP contribution in [-0.4, -0.2) is 108 Å². The number of ketones is 1. The highest BCUT2D eigenvalue weighted by atomic mass is 32.2. The molecule has 1 atom stereocenters. The highest BCUT2D eigenvalue weighted by molar-refractivity contribution is 7.90. The van der Waals surface area contributed by atoms with Crippen molar-refractivity contribution in [3.8, 4) is 17.3 Å². The van der Waals surface area contributed by atoms with Gasteiger partial charge in [-0.15, -0.1) is 20.5 Å². The Morgan fingerprint density at radius 2 is 1.96 bits per heavy atom. The Hall–Kier alpha value is -5.22. The monoisotopic (exact) mass is 710 g/mol. The number of H-pyrrole nitrogens is 1. The number of pyridine rings is 1. The van der Waals surface area contributed by atoms with Crippen LogP contribution in [0.5, 0.6) is 5.75 Å². The van der Waals surface area contributed by atoms with Gasteiger partial charge in [-0.3, -0.25) is 28.6 Å². The molecule has 48 heavy (non-hydrogen) atoms. The van der Waals surface area contributed by atoms with Crippen molar-refractivity contribution < 1.29 is 47.4 Å². The van der Waals surface area contributed by atoms with Crippen LogP contribution in [-0.2, 0) is 45.3 Å². The predicted octanol–water partition coefficient (Wildman–Crippen LogP) is -1.41. The van der Waals surface area contributed by atoms with Crippen LogP contribution < -0.4 is 16.9 Å². The molecule has 0 radical (unpaired) electrons. The first-order valence-electron chi connectivity index (χ1n) is 14.0. The second-order valence-electron chi connectivity index (χ2n) is 10.7. The number of ether oxygens (including phenoxy) is 1. The molecule has 1 aliphatic heterocycles. The molecule has 5 N–H and O–H groups in total. The number of Topliss-reactive ketones (excluding diaryl/α,β-unsaturated/α-hetero) is 1. The number of nitrogens with one attached hydrogen (secondary N) is 1. The Labute approximate surface area is 274 Å². The van der Waals surface area contributed by atoms with Crippen molar-refractivity contribution in [3.05, 3.63) is 44.0 Å². The van der Waals surface area contributed by atoms with E-state index in [0.717, 1.165) is 28.2 Å². The summed E-state index contributed by atoms with van der Waals surface area (Å²) in [7, 11) is -4.83. The summed E-state index contributed by atoms with van der Waals surface area (Å²) in [6.45, 7) is 3.78. The van der Waals surface area contributed by atoms with Crippen LogP contribution >= 0.6 is 11.3 Å². The number of hydrogen-bond acceptors (Lipinski definition) is 16. The van der Waals surface area contributed by atoms with Crippen LogP contribution in [0, 0.1) is 5.92 Å². The van der Waals surface area contributed by atoms with Gasteiger partial charge < -0.3 is 30.5 Å². The van der Waals surface area contributed by atoms with Gasteiger partial charge in [-0.1, -0.05) is 5.16 Å². The third-order valence-corrected chi connectivity index (χ3v) is 8.91. The fourth-order valence-electron chi connectivity index (χ4n) is 4.18. The van der Waals surface area contributed by atoms with Gasteiger partial charge in [0.05, 0.1) is 24.8 Å². The highest BCUT2D eigenvalue weighted by Crippen LogP contribution is 2.24. The van der Waals surface area contributed by atoms with E-state index in [1.807, 2.05) is 0 Å². The molecular weight excluding hydrogens is 680 g/mol. The lowest BCUT2D eigenvalue weighted by molar-refractivity contribution is -0.161. The molecule has 258 valence electrons. The number of aromatic amines is 1. The number of aliphatic carboxylic acids is 1. The van der Waals surface area contributed by atoms with Gasteiger partial charge in [0.25, 0.3) is 10.0 Å². The van der Waals surface area contributed by atoms with E-state index in [2.05, 4.69) is 20.2 Å². The first kappa shape index (κ1) is 35.6. The number of nitrogens with two attached hydrogens (primary N) is 1. The molecular formula is C26H30N8O12S2. The van der Waals surface area contributed by atoms with Crippen LogP contribution in [0.2, 0.25) is 0 Å². The lowest BCUT2D eigenvalue weighted by atomic mass is 9.91. The van der Waals surface area contributed by atoms with Crippen molar-refractivity contribution in [1.82, 2.24) is 28.6 Å². The summed E-state index contributed by atoms with van der Waals surface area (Å²) < 4.78 is 32.6. The lowest BCUT2D eigenvalue weighted by Crippen LogP contribution is -2.57. The summed E-state index contributed by atoms with van der Waals surface area (Å²) in [4.78, 5) is 87.6. The van der Waals surface area contributed by atoms with E-state index in [-0.39, 0.29) is 52.7 Å². The number of imide groups is 1. The van der Waals surface area contributed by atoms with Crippen LogP contribution in [0.25, 0.3) is 11.5 Å². The number of thiazole rings is 1. The Morgan fingerprint density at radius 3 is 2.54 bits per heavy atom. The summed E-state index contributed by atoms with van der Waals surface area (Å²) in [6.07, 6.45) is 0.411. The highest BCUT2D eigenvalue weighted by Gasteiger charge is 2.44. The van der Waals surface area contributed by atoms with Gasteiger partial charge in [0, 0.05) is 37.2 Å². The molecule has 3 aromatic rings. The average Bonchev–Trinajstić information content (AvgIpc) is 3.59. The van der Waals surface area contributed by atoms with E-state index in [1.165, 1.54) is 19.2 Å². The van der Waals surface area contributed by atoms with Crippen molar-refractivity contribution in [2.75, 3.05) is 31.2 Å². The largest absolute Gasteiger partial charge is 0.503 e. The molecule has 0 aromatic carbocycles. The zero-order chi connectivity index (χ0) is 35.6. The van der Waals surface area contributed by atoms with E-state index >= 15 is 0 Å². The van der Waals surface area contributed by atoms with Crippen LogP contribution in [0.15, 0.2) is 32.4 Å². The minimum absolute atomic E-state index is 0.0311. The number of carboxylic acid groups (broad SMARTS) is 1. The van der Waals surface area contributed by atoms with Crippen LogP contribution in [0.1, 0.15) is 32.9 Å². The van der Waals surface area contributed by atoms with Crippen LogP contribution in [0.4, 0.5) is 5.13 Å². The van der Waals surface area contributed by atoms with E-state index in [9.17, 15) is 47.4 Å². The van der Waals surface area contributed by atoms with Gasteiger partial charge >= 0.3 is 11.7 Å². The standard InChI is InChI=1S/C26H30N8O12S2/c1-4-45-6-5-32-21(14-8-16(35)18(37)9-28-14)30-34(25(32)42)48(43,44)12-19(38)33-10-13(22(33)39)7-17(36)20(15-11-47-24(27)29-15)31-46-26(2,3)23(40)41/h8-9,11,13,37H,4-7,10,12H2,1-3H3,(H2,27,29)(H,28,35)(H,40,41)/b31-20-/t13-/m0/s1. The Bertz CT molecular complexity index is 2020. The number of β-lactam (4-membered cyclic amide) rings is 1. The molecule has 3 aromatic heterocycles. The number of anilines is 1. The Morgan fingerprint density at radius 1 is 1.25 bits per heavy atom. The maximum atomic E-state index is 13.2. The van der Waals surface area contributed by atoms with Gasteiger partial charge in [-0.05, 0) is 20.8 Å². The lowest BCUT2D eigenvalue weighted by Gasteiger charge is -2.36. The first-order chi connectivity index (χ1) is 22.5. The molecule has 2 amide bonds. The SMILES string of the molecule is CCOCCn1c(-c2cc(=O)c(O)c[nH]2)nn(S(=O)(=O)CC(=O)N2C[C@H](CC(=O)/C(=N\OC(C)(C)C(=O)O)c3csc(N)n3)C2=O)c1=O. The topological polar surface area (TPSA) is 289 Å². The summed E-state index contributed by atoms with van der Waals surface area (Å²) in [5, 5.41) is 27.8. The van der Waals surface area contributed by atoms with Crippen molar-refractivity contribution >= 4 is 55.8 Å². The number of aromatic hydroxyl groups is 1. The van der Waals surface area contributed by atoms with Crippen molar-refractivity contribution in [2.45, 2.75) is 39.3 Å². The predicted molar refractivity (Wildman–Crippen MR) is 166 cm³/mol. The van der Waals surface area contributed by atoms with Crippen molar-refractivity contribution in [3.63, 3.8) is 0 Å². The van der Waals surface area contributed by atoms with Crippen molar-refractivity contribution in [2.24, 2.45) is 11.1 Å². The molecule has 1 fully saturated rings. The van der Waals surface area contributed by atoms with Gasteiger partial charge in [0.1, 0.15) is 5.69 Å². The minimum Gasteiger partial charge on any atom is -0.503 e. The molecule has 0 aliphatic carbocycles. The minimum atomic E-state index is -4.83. The molecule has 20 nitrogen and oxygen atoms in total. The normalized spacial score (nSPS) is 15.3. The third kappa shape index (κ3) is 7.50. The van der Waals surface area contributed by atoms with E-state index in [1.54, 1.807) is 6.92 Å². The number of nitrogens with zero attached hydrogens (tertiary/aromatic N) is 6. The zero-order valence-corrected chi connectivity index (χ0v) is 27.2. The number of aromatic nitrogens is 5. The van der Waals surface area contributed by atoms with Crippen molar-refractivity contribution in [1.29, 1.82) is 0 Å². The number of hydrogen-bond donors (Lipinski definition) is 4. The maximum absolute atomic E-state index is 13.2. The fraction of sp³-hybridized carbons (Fsp3) is 0.423. The number of amides is 2. The number of rotatable bonds is 15. The second kappa shape index (κ2) is 13.9. The molecule has 0 spiro atoms. The Balaban J connectivity index is 1.50. The molecule has 1 aliphatic rings. The van der Waals surface area contributed by atoms with Gasteiger partial charge in [-0.25, -0.2) is 23.0 Å². The summed E-state index contributed by atoms with van der Waals surface area (Å²) >= 11 is 0.967. The molecule has 0 bridgehead atoms. The number of carbonyl (C=O) groups is 4. The quantitative estimate of drug-likeness (QED) is 0.0610. The molecule has 0 saturated carbocycles. The van der Waals surface area contributed by atoms with E-state index in [0.29, 0.717) is 4.90 Å². The van der Waals surface area contributed by atoms with Gasteiger partial charge in [0.15, 0.2) is 34.0 Å². The summed E-state index contributed by atoms with van der Waals surface area (Å²) in [6, 6.07) is 0.898. The smallest absolute Gasteiger partial charge is 0.360 e. The molecule has 4 rings (SSSR count). The average molecular weight is 711 g/mol. The second-order valence-corrected chi connectivity index (χ2v) is 13.4. The maximum Gasteiger partial charge on any atom is 0.360 e. The van der Waals surface area contributed by atoms with Crippen LogP contribution in [0.3, 0.4) is 0 Å². The van der Waals surface area contributed by atoms with E-state index in [4.69, 9.17) is 15.3 Å². The molecule has 0 unspecified atom stereocenters. The molecule has 22 heteroatoms. The van der Waals surface area contributed by atoms with Gasteiger partial charge in [0.2, 0.25) is 22.8 Å². The fourth-order valence-corrected chi connectivity index (χ4v) is 5.85. The summed E-state index contributed by atoms with van der Waals surface area (Å²) in [5.41, 5.74) is 1.23. The number of carbonyl (C=O) groups excluding carboxylic acids is 3. The number of carboxylic acids is 1. The number of oxime groups is 1. The van der Waals surface area contributed by atoms with E-state index < -0.39 is 79.9 Å². The Kier molecular flexibility index (Phi) is 10.3.